The number of phenolic OH excluding ortho intramolecular Hbond substituents is 1. The summed E-state index contributed by atoms with van der Waals surface area (Å²) in [6.45, 7) is 0.00374. The van der Waals surface area contributed by atoms with Crippen LogP contribution in [0.2, 0.25) is 4.34 Å². The molecule has 0 spiro atoms. The second-order valence-corrected chi connectivity index (χ2v) is 7.89. The van der Waals surface area contributed by atoms with Crippen LogP contribution in [0.25, 0.3) is 5.57 Å². The Hall–Kier alpha value is -2.69. The summed E-state index contributed by atoms with van der Waals surface area (Å²) in [5.41, 5.74) is 5.16. The Kier molecular flexibility index (Phi) is 4.69. The van der Waals surface area contributed by atoms with Crippen LogP contribution < -0.4 is 5.48 Å². The third-order valence-corrected chi connectivity index (χ3v) is 6.03. The molecule has 0 radical (unpaired) electrons. The second-order valence-electron chi connectivity index (χ2n) is 6.54. The molecule has 3 aliphatic rings. The fourth-order valence-electron chi connectivity index (χ4n) is 3.95. The number of aromatic nitrogens is 2. The van der Waals surface area contributed by atoms with Crippen molar-refractivity contribution in [3.63, 3.8) is 0 Å². The normalized spacial score (nSPS) is 22.8. The predicted octanol–water partition coefficient (Wildman–Crippen LogP) is 2.23. The molecule has 0 aliphatic heterocycles. The van der Waals surface area contributed by atoms with Crippen LogP contribution in [0, 0.1) is 11.8 Å². The zero-order valence-corrected chi connectivity index (χ0v) is 15.7. The van der Waals surface area contributed by atoms with Gasteiger partial charge in [-0.1, -0.05) is 22.2 Å². The summed E-state index contributed by atoms with van der Waals surface area (Å²) >= 11 is 6.95. The van der Waals surface area contributed by atoms with Gasteiger partial charge in [-0.25, -0.2) is 0 Å². The van der Waals surface area contributed by atoms with Crippen molar-refractivity contribution >= 4 is 40.6 Å². The van der Waals surface area contributed by atoms with E-state index in [-0.39, 0.29) is 18.8 Å². The third kappa shape index (κ3) is 2.99. The van der Waals surface area contributed by atoms with Crippen molar-refractivity contribution in [2.24, 2.45) is 11.8 Å². The van der Waals surface area contributed by atoms with Gasteiger partial charge in [-0.05, 0) is 35.3 Å². The number of nitrogens with one attached hydrogen (secondary N) is 1. The first-order valence-corrected chi connectivity index (χ1v) is 9.40. The maximum Gasteiger partial charge on any atom is 0.311 e. The summed E-state index contributed by atoms with van der Waals surface area (Å²) in [7, 11) is 0. The van der Waals surface area contributed by atoms with Crippen molar-refractivity contribution < 1.29 is 29.7 Å². The number of carboxylic acid groups (broad SMARTS) is 2. The maximum atomic E-state index is 11.9. The SMILES string of the molecule is O=C(O)C1C2=C(NOCc3nnsc3Cl)CC(c3ccc(O)cc32)C1C(=O)O. The van der Waals surface area contributed by atoms with Crippen molar-refractivity contribution in [2.45, 2.75) is 18.9 Å². The zero-order valence-electron chi connectivity index (χ0n) is 14.1. The molecule has 9 nitrogen and oxygen atoms in total. The van der Waals surface area contributed by atoms with Crippen LogP contribution in [0.4, 0.5) is 0 Å². The summed E-state index contributed by atoms with van der Waals surface area (Å²) in [4.78, 5) is 29.2. The lowest BCUT2D eigenvalue weighted by molar-refractivity contribution is -0.153. The number of hydrogen-bond acceptors (Lipinski definition) is 8. The molecule has 4 N–H and O–H groups in total. The highest BCUT2D eigenvalue weighted by Crippen LogP contribution is 2.55. The maximum absolute atomic E-state index is 11.9. The van der Waals surface area contributed by atoms with Gasteiger partial charge < -0.3 is 15.3 Å². The predicted molar refractivity (Wildman–Crippen MR) is 97.5 cm³/mol. The van der Waals surface area contributed by atoms with Crippen LogP contribution in [0.15, 0.2) is 23.9 Å². The monoisotopic (exact) mass is 423 g/mol. The van der Waals surface area contributed by atoms with Crippen LogP contribution >= 0.6 is 23.1 Å². The molecule has 5 rings (SSSR count). The molecule has 3 aliphatic carbocycles. The zero-order chi connectivity index (χ0) is 20.0. The molecular formula is C17H14ClN3O6S. The number of aliphatic carboxylic acids is 2. The molecule has 0 saturated heterocycles. The number of carbonyl (C=O) groups is 2. The first kappa shape index (κ1) is 18.7. The number of aromatic hydroxyl groups is 1. The van der Waals surface area contributed by atoms with Crippen LogP contribution in [0.1, 0.15) is 29.2 Å². The van der Waals surface area contributed by atoms with E-state index in [0.717, 1.165) is 11.5 Å². The van der Waals surface area contributed by atoms with Crippen molar-refractivity contribution in [1.29, 1.82) is 0 Å². The minimum atomic E-state index is -1.26. The van der Waals surface area contributed by atoms with Gasteiger partial charge in [0, 0.05) is 23.1 Å². The average Bonchev–Trinajstić information content (AvgIpc) is 3.05. The lowest BCUT2D eigenvalue weighted by Crippen LogP contribution is -2.44. The summed E-state index contributed by atoms with van der Waals surface area (Å²) in [5.74, 6) is -5.38. The topological polar surface area (TPSA) is 142 Å². The lowest BCUT2D eigenvalue weighted by atomic mass is 9.60. The number of nitrogens with zero attached hydrogens (tertiary/aromatic N) is 2. The standard InChI is InChI=1S/C17H14ClN3O6S/c18-15-11(19-21-28-15)5-27-20-10-4-9-7-2-1-6(22)3-8(7)12(10)14(17(25)26)13(9)16(23)24/h1-3,9,13-14,20,22H,4-5H2,(H,23,24)(H,25,26). The van der Waals surface area contributed by atoms with Crippen molar-refractivity contribution in [3.8, 4) is 5.75 Å². The molecule has 1 aromatic heterocycles. The molecule has 2 aromatic rings. The Morgan fingerprint density at radius 2 is 2.11 bits per heavy atom. The Balaban J connectivity index is 1.73. The Morgan fingerprint density at radius 1 is 1.32 bits per heavy atom. The van der Waals surface area contributed by atoms with Gasteiger partial charge in [0.25, 0.3) is 0 Å². The highest BCUT2D eigenvalue weighted by Gasteiger charge is 2.52. The van der Waals surface area contributed by atoms with Crippen molar-refractivity contribution in [1.82, 2.24) is 15.1 Å². The molecule has 1 heterocycles. The van der Waals surface area contributed by atoms with Crippen molar-refractivity contribution in [2.75, 3.05) is 0 Å². The van der Waals surface area contributed by atoms with E-state index in [9.17, 15) is 24.9 Å². The Labute approximate surface area is 167 Å². The lowest BCUT2D eigenvalue weighted by Gasteiger charge is -2.43. The third-order valence-electron chi connectivity index (χ3n) is 5.04. The first-order valence-electron chi connectivity index (χ1n) is 8.25. The molecule has 3 unspecified atom stereocenters. The fraction of sp³-hybridized carbons (Fsp3) is 0.294. The molecule has 3 atom stereocenters. The average molecular weight is 424 g/mol. The highest BCUT2D eigenvalue weighted by atomic mass is 35.5. The molecular weight excluding hydrogens is 410 g/mol. The Bertz CT molecular complexity index is 1010. The second kappa shape index (κ2) is 7.04. The summed E-state index contributed by atoms with van der Waals surface area (Å²) in [6, 6.07) is 4.56. The number of fused-ring (bicyclic) bond motifs is 2. The molecule has 1 aromatic carbocycles. The minimum absolute atomic E-state index is 0.00374. The van der Waals surface area contributed by atoms with Gasteiger partial charge in [0.05, 0.1) is 11.8 Å². The number of allylic oxidation sites excluding steroid dienone is 1. The van der Waals surface area contributed by atoms with Gasteiger partial charge in [-0.15, -0.1) is 5.10 Å². The van der Waals surface area contributed by atoms with Crippen LogP contribution in [-0.2, 0) is 21.0 Å². The molecule has 28 heavy (non-hydrogen) atoms. The van der Waals surface area contributed by atoms with E-state index in [2.05, 4.69) is 15.1 Å². The number of rotatable bonds is 6. The van der Waals surface area contributed by atoms with E-state index in [0.29, 0.717) is 32.4 Å². The minimum Gasteiger partial charge on any atom is -0.508 e. The van der Waals surface area contributed by atoms with Crippen LogP contribution in [0.5, 0.6) is 5.75 Å². The van der Waals surface area contributed by atoms with E-state index in [1.807, 2.05) is 0 Å². The van der Waals surface area contributed by atoms with E-state index in [4.69, 9.17) is 16.4 Å². The van der Waals surface area contributed by atoms with Crippen LogP contribution in [-0.4, -0.2) is 36.8 Å². The van der Waals surface area contributed by atoms with Gasteiger partial charge in [-0.3, -0.25) is 19.9 Å². The molecule has 2 bridgehead atoms. The summed E-state index contributed by atoms with van der Waals surface area (Å²) < 4.78 is 4.08. The first-order chi connectivity index (χ1) is 13.4. The van der Waals surface area contributed by atoms with Crippen molar-refractivity contribution in [3.05, 3.63) is 45.1 Å². The van der Waals surface area contributed by atoms with E-state index >= 15 is 0 Å². The molecule has 0 saturated carbocycles. The quantitative estimate of drug-likeness (QED) is 0.514. The number of hydroxylamine groups is 1. The van der Waals surface area contributed by atoms with E-state index in [1.165, 1.54) is 12.1 Å². The van der Waals surface area contributed by atoms with Gasteiger partial charge in [0.1, 0.15) is 22.4 Å². The molecule has 0 amide bonds. The Morgan fingerprint density at radius 3 is 2.75 bits per heavy atom. The molecule has 0 fully saturated rings. The smallest absolute Gasteiger partial charge is 0.311 e. The summed E-state index contributed by atoms with van der Waals surface area (Å²) in [5, 5.41) is 33.1. The fourth-order valence-corrected chi connectivity index (χ4v) is 4.55. The van der Waals surface area contributed by atoms with E-state index < -0.39 is 29.7 Å². The van der Waals surface area contributed by atoms with Crippen LogP contribution in [0.3, 0.4) is 0 Å². The largest absolute Gasteiger partial charge is 0.508 e. The number of phenols is 1. The molecule has 11 heteroatoms. The van der Waals surface area contributed by atoms with Gasteiger partial charge in [-0.2, -0.15) is 0 Å². The highest BCUT2D eigenvalue weighted by molar-refractivity contribution is 7.10. The number of benzene rings is 1. The number of carboxylic acids is 2. The van der Waals surface area contributed by atoms with Gasteiger partial charge in [0.2, 0.25) is 0 Å². The van der Waals surface area contributed by atoms with Gasteiger partial charge >= 0.3 is 11.9 Å². The molecule has 146 valence electrons. The van der Waals surface area contributed by atoms with Gasteiger partial charge in [0.15, 0.2) is 0 Å². The number of halogens is 1. The van der Waals surface area contributed by atoms with E-state index in [1.54, 1.807) is 6.07 Å². The number of hydrogen-bond donors (Lipinski definition) is 4. The summed E-state index contributed by atoms with van der Waals surface area (Å²) in [6.07, 6.45) is 0.275.